The number of imide groups is 1. The fraction of sp³-hybridized carbons (Fsp3) is 0.467. The fourth-order valence-electron chi connectivity index (χ4n) is 7.42. The van der Waals surface area contributed by atoms with E-state index < -0.39 is 17.8 Å². The molecule has 7 nitrogen and oxygen atoms in total. The van der Waals surface area contributed by atoms with Crippen molar-refractivity contribution in [2.45, 2.75) is 63.8 Å². The number of ketones is 2. The number of carbonyl (C=O) groups excluding carboxylic acids is 4. The summed E-state index contributed by atoms with van der Waals surface area (Å²) in [6.45, 7) is 1.64. The molecule has 0 aromatic heterocycles. The third-order valence-corrected chi connectivity index (χ3v) is 11.4. The van der Waals surface area contributed by atoms with E-state index in [2.05, 4.69) is 31.9 Å². The van der Waals surface area contributed by atoms with Gasteiger partial charge in [0, 0.05) is 33.2 Å². The molecule has 0 bridgehead atoms. The predicted octanol–water partition coefficient (Wildman–Crippen LogP) is 5.69. The van der Waals surface area contributed by atoms with Crippen LogP contribution in [0.1, 0.15) is 63.4 Å². The van der Waals surface area contributed by atoms with Crippen molar-refractivity contribution in [2.75, 3.05) is 7.11 Å². The van der Waals surface area contributed by atoms with Gasteiger partial charge in [0.15, 0.2) is 23.1 Å². The van der Waals surface area contributed by atoms with E-state index in [1.165, 1.54) is 18.1 Å². The van der Waals surface area contributed by atoms with Crippen LogP contribution in [0.25, 0.3) is 0 Å². The lowest BCUT2D eigenvalue weighted by Crippen LogP contribution is -2.43. The Morgan fingerprint density at radius 3 is 2.41 bits per heavy atom. The highest BCUT2D eigenvalue weighted by Gasteiger charge is 2.57. The van der Waals surface area contributed by atoms with Gasteiger partial charge in [-0.1, -0.05) is 30.9 Å². The Morgan fingerprint density at radius 1 is 1.00 bits per heavy atom. The molecule has 1 heterocycles. The van der Waals surface area contributed by atoms with E-state index in [0.29, 0.717) is 37.6 Å². The summed E-state index contributed by atoms with van der Waals surface area (Å²) in [6, 6.07) is 1.62. The smallest absolute Gasteiger partial charge is 0.233 e. The molecule has 1 saturated carbocycles. The highest BCUT2D eigenvalue weighted by molar-refractivity contribution is 9.13. The van der Waals surface area contributed by atoms with Gasteiger partial charge in [0.2, 0.25) is 11.8 Å². The van der Waals surface area contributed by atoms with E-state index in [4.69, 9.17) is 4.74 Å². The van der Waals surface area contributed by atoms with E-state index in [1.54, 1.807) is 13.0 Å². The molecule has 1 N–H and O–H groups in total. The summed E-state index contributed by atoms with van der Waals surface area (Å²) in [7, 11) is 1.45. The van der Waals surface area contributed by atoms with Crippen LogP contribution in [0.3, 0.4) is 0 Å². The van der Waals surface area contributed by atoms with Crippen molar-refractivity contribution in [3.63, 3.8) is 0 Å². The molecule has 204 valence electrons. The quantitative estimate of drug-likeness (QED) is 0.255. The molecule has 4 unspecified atom stereocenters. The van der Waals surface area contributed by atoms with Crippen LogP contribution in [0, 0.1) is 17.8 Å². The molecule has 0 spiro atoms. The number of hydrogen-bond acceptors (Lipinski definition) is 6. The molecule has 1 aromatic carbocycles. The zero-order valence-corrected chi connectivity index (χ0v) is 24.9. The lowest BCUT2D eigenvalue weighted by molar-refractivity contribution is -0.143. The Morgan fingerprint density at radius 2 is 1.72 bits per heavy atom. The normalized spacial score (nSPS) is 29.2. The number of benzene rings is 1. The predicted molar refractivity (Wildman–Crippen MR) is 150 cm³/mol. The molecule has 4 atom stereocenters. The minimum absolute atomic E-state index is 0.0584. The van der Waals surface area contributed by atoms with Gasteiger partial charge in [0.1, 0.15) is 0 Å². The summed E-state index contributed by atoms with van der Waals surface area (Å²) in [4.78, 5) is 56.2. The number of likely N-dealkylation sites (tertiary alicyclic amines) is 1. The number of Topliss-reactive ketones (excluding diaryl/α,β-unsaturated/α-hetero) is 1. The zero-order valence-electron chi connectivity index (χ0n) is 21.8. The maximum Gasteiger partial charge on any atom is 0.233 e. The van der Waals surface area contributed by atoms with Crippen molar-refractivity contribution in [1.82, 2.24) is 4.90 Å². The second kappa shape index (κ2) is 9.84. The molecule has 4 aliphatic carbocycles. The average Bonchev–Trinajstić information content (AvgIpc) is 3.20. The summed E-state index contributed by atoms with van der Waals surface area (Å²) < 4.78 is 6.33. The van der Waals surface area contributed by atoms with Crippen molar-refractivity contribution >= 4 is 55.2 Å². The molecule has 5 aliphatic rings. The van der Waals surface area contributed by atoms with E-state index in [-0.39, 0.29) is 53.3 Å². The van der Waals surface area contributed by atoms with Gasteiger partial charge in [-0.2, -0.15) is 0 Å². The number of ether oxygens (including phenoxy) is 1. The van der Waals surface area contributed by atoms with E-state index in [9.17, 15) is 24.3 Å². The summed E-state index contributed by atoms with van der Waals surface area (Å²) in [5.74, 6) is -2.57. The molecule has 2 amide bonds. The van der Waals surface area contributed by atoms with Gasteiger partial charge in [-0.15, -0.1) is 0 Å². The average molecular weight is 659 g/mol. The van der Waals surface area contributed by atoms with Crippen LogP contribution in [0.2, 0.25) is 0 Å². The highest BCUT2D eigenvalue weighted by Crippen LogP contribution is 2.58. The number of nitrogens with zero attached hydrogens (tertiary/aromatic N) is 1. The van der Waals surface area contributed by atoms with Gasteiger partial charge in [-0.3, -0.25) is 24.1 Å². The summed E-state index contributed by atoms with van der Waals surface area (Å²) >= 11 is 7.04. The third kappa shape index (κ3) is 3.94. The van der Waals surface area contributed by atoms with Crippen LogP contribution >= 0.6 is 31.9 Å². The zero-order chi connectivity index (χ0) is 27.7. The van der Waals surface area contributed by atoms with Crippen LogP contribution < -0.4 is 4.74 Å². The van der Waals surface area contributed by atoms with Crippen molar-refractivity contribution < 1.29 is 29.0 Å². The Kier molecular flexibility index (Phi) is 6.73. The Balaban J connectivity index is 1.51. The number of hydrogen-bond donors (Lipinski definition) is 1. The number of rotatable bonds is 3. The van der Waals surface area contributed by atoms with Gasteiger partial charge in [0.05, 0.1) is 23.4 Å². The number of fused-ring (bicyclic) bond motifs is 3. The monoisotopic (exact) mass is 657 g/mol. The second-order valence-electron chi connectivity index (χ2n) is 11.2. The standard InChI is InChI=1S/C30H29Br2NO6/c1-13-10-20(34)18-11-17-15(8-9-16-23(17)30(38)33(29(16)37)14-6-4-3-5-7-14)22(24(18)27(13)35)19-12-21(39-2)28(36)26(32)25(19)31/h8,10,12,14,16-17,22-23,36H,3-7,9,11H2,1-2H3. The van der Waals surface area contributed by atoms with E-state index in [1.807, 2.05) is 6.08 Å². The number of aromatic hydroxyl groups is 1. The van der Waals surface area contributed by atoms with Crippen molar-refractivity contribution in [3.05, 3.63) is 55.0 Å². The molecule has 1 aliphatic heterocycles. The van der Waals surface area contributed by atoms with E-state index >= 15 is 0 Å². The van der Waals surface area contributed by atoms with Gasteiger partial charge in [-0.25, -0.2) is 0 Å². The molecule has 1 saturated heterocycles. The lowest BCUT2D eigenvalue weighted by Gasteiger charge is -2.42. The molecule has 39 heavy (non-hydrogen) atoms. The lowest BCUT2D eigenvalue weighted by atomic mass is 9.59. The van der Waals surface area contributed by atoms with Gasteiger partial charge < -0.3 is 9.84 Å². The fourth-order valence-corrected chi connectivity index (χ4v) is 8.37. The molecule has 0 radical (unpaired) electrons. The number of phenols is 1. The Labute approximate surface area is 243 Å². The molecule has 1 aromatic rings. The van der Waals surface area contributed by atoms with Crippen molar-refractivity contribution in [2.24, 2.45) is 17.8 Å². The number of methoxy groups -OCH3 is 1. The molecule has 2 fully saturated rings. The molecular weight excluding hydrogens is 630 g/mol. The molecule has 6 rings (SSSR count). The highest BCUT2D eigenvalue weighted by atomic mass is 79.9. The summed E-state index contributed by atoms with van der Waals surface area (Å²) in [5.41, 5.74) is 2.70. The third-order valence-electron chi connectivity index (χ3n) is 9.24. The van der Waals surface area contributed by atoms with Crippen LogP contribution in [-0.4, -0.2) is 46.5 Å². The Hall–Kier alpha value is -2.52. The summed E-state index contributed by atoms with van der Waals surface area (Å²) in [6.07, 6.45) is 8.87. The SMILES string of the molecule is COc1cc(C2C3=CCC4C(=O)N(C5CCCCC5)C(=O)C4C3CC3=C2C(=O)C(C)=CC3=O)c(Br)c(Br)c1O. The topological polar surface area (TPSA) is 101 Å². The number of allylic oxidation sites excluding steroid dienone is 6. The first kappa shape index (κ1) is 26.7. The molecular formula is C30H29Br2NO6. The minimum atomic E-state index is -0.633. The van der Waals surface area contributed by atoms with Crippen LogP contribution in [-0.2, 0) is 19.2 Å². The van der Waals surface area contributed by atoms with Gasteiger partial charge in [0.25, 0.3) is 0 Å². The largest absolute Gasteiger partial charge is 0.503 e. The first-order valence-electron chi connectivity index (χ1n) is 13.5. The first-order valence-corrected chi connectivity index (χ1v) is 15.1. The van der Waals surface area contributed by atoms with Crippen LogP contribution in [0.15, 0.2) is 49.5 Å². The number of carbonyl (C=O) groups is 4. The van der Waals surface area contributed by atoms with Gasteiger partial charge in [-0.05, 0) is 88.1 Å². The van der Waals surface area contributed by atoms with E-state index in [0.717, 1.165) is 37.7 Å². The van der Waals surface area contributed by atoms with Crippen molar-refractivity contribution in [3.8, 4) is 11.5 Å². The number of halogens is 2. The maximum atomic E-state index is 14.0. The summed E-state index contributed by atoms with van der Waals surface area (Å²) in [5, 5.41) is 10.6. The molecule has 9 heteroatoms. The first-order chi connectivity index (χ1) is 18.6. The number of phenolic OH excluding ortho intramolecular Hbond substituents is 1. The maximum absolute atomic E-state index is 14.0. The van der Waals surface area contributed by atoms with Crippen molar-refractivity contribution in [1.29, 1.82) is 0 Å². The minimum Gasteiger partial charge on any atom is -0.503 e. The van der Waals surface area contributed by atoms with Gasteiger partial charge >= 0.3 is 0 Å². The Bertz CT molecular complexity index is 1430. The second-order valence-corrected chi connectivity index (χ2v) is 12.8. The van der Waals surface area contributed by atoms with Crippen LogP contribution in [0.4, 0.5) is 0 Å². The number of amides is 2. The van der Waals surface area contributed by atoms with Crippen LogP contribution in [0.5, 0.6) is 11.5 Å².